The Morgan fingerprint density at radius 1 is 1.53 bits per heavy atom. The summed E-state index contributed by atoms with van der Waals surface area (Å²) in [7, 11) is 3.82. The van der Waals surface area contributed by atoms with E-state index >= 15 is 0 Å². The fraction of sp³-hybridized carbons (Fsp3) is 0.923. The molecular weight excluding hydrogens is 214 g/mol. The van der Waals surface area contributed by atoms with Crippen LogP contribution in [0.2, 0.25) is 0 Å². The maximum Gasteiger partial charge on any atom is 0.241 e. The van der Waals surface area contributed by atoms with Gasteiger partial charge in [0.05, 0.1) is 0 Å². The van der Waals surface area contributed by atoms with Crippen LogP contribution in [0.5, 0.6) is 0 Å². The molecule has 0 saturated carbocycles. The van der Waals surface area contributed by atoms with Gasteiger partial charge in [0, 0.05) is 31.7 Å². The van der Waals surface area contributed by atoms with Crippen molar-refractivity contribution in [2.75, 3.05) is 27.2 Å². The van der Waals surface area contributed by atoms with E-state index in [0.29, 0.717) is 6.04 Å². The molecular formula is C13H27N3O. The first-order valence-electron chi connectivity index (χ1n) is 6.53. The Kier molecular flexibility index (Phi) is 4.55. The number of amides is 1. The van der Waals surface area contributed by atoms with Gasteiger partial charge in [-0.05, 0) is 34.2 Å². The van der Waals surface area contributed by atoms with E-state index in [-0.39, 0.29) is 17.5 Å². The SMILES string of the molecule is CCC(C)N1CC(C)(C)N(C)C(=O)C1CNC. The van der Waals surface area contributed by atoms with Crippen molar-refractivity contribution in [2.24, 2.45) is 0 Å². The Labute approximate surface area is 105 Å². The first-order chi connectivity index (χ1) is 7.85. The topological polar surface area (TPSA) is 35.6 Å². The summed E-state index contributed by atoms with van der Waals surface area (Å²) in [4.78, 5) is 16.6. The van der Waals surface area contributed by atoms with Crippen LogP contribution in [0.25, 0.3) is 0 Å². The number of carbonyl (C=O) groups excluding carboxylic acids is 1. The number of rotatable bonds is 4. The summed E-state index contributed by atoms with van der Waals surface area (Å²) < 4.78 is 0. The zero-order chi connectivity index (χ0) is 13.2. The maximum absolute atomic E-state index is 12.4. The van der Waals surface area contributed by atoms with Crippen LogP contribution < -0.4 is 5.32 Å². The van der Waals surface area contributed by atoms with Crippen LogP contribution in [-0.4, -0.2) is 60.5 Å². The number of hydrogen-bond acceptors (Lipinski definition) is 3. The second-order valence-corrected chi connectivity index (χ2v) is 5.71. The van der Waals surface area contributed by atoms with E-state index in [0.717, 1.165) is 19.5 Å². The lowest BCUT2D eigenvalue weighted by atomic mass is 9.93. The molecule has 1 aliphatic heterocycles. The molecule has 4 nitrogen and oxygen atoms in total. The first kappa shape index (κ1) is 14.5. The third kappa shape index (κ3) is 2.80. The quantitative estimate of drug-likeness (QED) is 0.795. The van der Waals surface area contributed by atoms with Crippen molar-refractivity contribution >= 4 is 5.91 Å². The molecule has 1 saturated heterocycles. The monoisotopic (exact) mass is 241 g/mol. The minimum Gasteiger partial charge on any atom is -0.338 e. The van der Waals surface area contributed by atoms with Gasteiger partial charge in [-0.2, -0.15) is 0 Å². The molecule has 2 unspecified atom stereocenters. The summed E-state index contributed by atoms with van der Waals surface area (Å²) in [5.41, 5.74) is -0.0786. The Morgan fingerprint density at radius 2 is 2.12 bits per heavy atom. The molecule has 17 heavy (non-hydrogen) atoms. The van der Waals surface area contributed by atoms with Crippen LogP contribution in [0, 0.1) is 0 Å². The minimum atomic E-state index is -0.0786. The molecule has 100 valence electrons. The van der Waals surface area contributed by atoms with E-state index in [1.165, 1.54) is 0 Å². The largest absolute Gasteiger partial charge is 0.338 e. The van der Waals surface area contributed by atoms with Gasteiger partial charge in [-0.3, -0.25) is 9.69 Å². The van der Waals surface area contributed by atoms with Gasteiger partial charge in [0.2, 0.25) is 5.91 Å². The van der Waals surface area contributed by atoms with Gasteiger partial charge in [0.25, 0.3) is 0 Å². The molecule has 1 N–H and O–H groups in total. The van der Waals surface area contributed by atoms with Crippen LogP contribution in [0.3, 0.4) is 0 Å². The van der Waals surface area contributed by atoms with Crippen molar-refractivity contribution in [3.8, 4) is 0 Å². The van der Waals surface area contributed by atoms with Crippen molar-refractivity contribution in [1.82, 2.24) is 15.1 Å². The lowest BCUT2D eigenvalue weighted by Crippen LogP contribution is -2.68. The molecule has 0 radical (unpaired) electrons. The Morgan fingerprint density at radius 3 is 2.59 bits per heavy atom. The zero-order valence-corrected chi connectivity index (χ0v) is 12.1. The van der Waals surface area contributed by atoms with E-state index in [4.69, 9.17) is 0 Å². The molecule has 1 aliphatic rings. The number of carbonyl (C=O) groups is 1. The van der Waals surface area contributed by atoms with Gasteiger partial charge >= 0.3 is 0 Å². The van der Waals surface area contributed by atoms with E-state index < -0.39 is 0 Å². The summed E-state index contributed by atoms with van der Waals surface area (Å²) in [5, 5.41) is 3.14. The fourth-order valence-electron chi connectivity index (χ4n) is 2.42. The fourth-order valence-corrected chi connectivity index (χ4v) is 2.42. The molecule has 4 heteroatoms. The highest BCUT2D eigenvalue weighted by Gasteiger charge is 2.43. The minimum absolute atomic E-state index is 0.0204. The van der Waals surface area contributed by atoms with Gasteiger partial charge < -0.3 is 10.2 Å². The Balaban J connectivity index is 2.95. The molecule has 0 aromatic carbocycles. The Bertz CT molecular complexity index is 278. The molecule has 0 bridgehead atoms. The predicted molar refractivity (Wildman–Crippen MR) is 71.0 cm³/mol. The standard InChI is InChI=1S/C13H27N3O/c1-7-10(2)16-9-13(3,4)15(6)12(17)11(16)8-14-5/h10-11,14H,7-9H2,1-6H3. The normalized spacial score (nSPS) is 27.3. The highest BCUT2D eigenvalue weighted by Crippen LogP contribution is 2.26. The molecule has 1 rings (SSSR count). The number of piperazine rings is 1. The van der Waals surface area contributed by atoms with Gasteiger partial charge in [0.1, 0.15) is 6.04 Å². The molecule has 0 aromatic rings. The van der Waals surface area contributed by atoms with Crippen LogP contribution >= 0.6 is 0 Å². The van der Waals surface area contributed by atoms with Crippen LogP contribution in [0.15, 0.2) is 0 Å². The number of nitrogens with zero attached hydrogens (tertiary/aromatic N) is 2. The lowest BCUT2D eigenvalue weighted by molar-refractivity contribution is -0.150. The average molecular weight is 241 g/mol. The third-order valence-corrected chi connectivity index (χ3v) is 4.05. The highest BCUT2D eigenvalue weighted by atomic mass is 16.2. The molecule has 1 heterocycles. The summed E-state index contributed by atoms with van der Waals surface area (Å²) in [6.07, 6.45) is 1.08. The highest BCUT2D eigenvalue weighted by molar-refractivity contribution is 5.83. The van der Waals surface area contributed by atoms with Crippen molar-refractivity contribution in [3.05, 3.63) is 0 Å². The zero-order valence-electron chi connectivity index (χ0n) is 12.1. The van der Waals surface area contributed by atoms with Crippen molar-refractivity contribution < 1.29 is 4.79 Å². The van der Waals surface area contributed by atoms with Crippen LogP contribution in [0.4, 0.5) is 0 Å². The van der Waals surface area contributed by atoms with Crippen molar-refractivity contribution in [1.29, 1.82) is 0 Å². The van der Waals surface area contributed by atoms with E-state index in [2.05, 4.69) is 37.9 Å². The van der Waals surface area contributed by atoms with Crippen molar-refractivity contribution in [3.63, 3.8) is 0 Å². The third-order valence-electron chi connectivity index (χ3n) is 4.05. The van der Waals surface area contributed by atoms with Gasteiger partial charge in [-0.15, -0.1) is 0 Å². The first-order valence-corrected chi connectivity index (χ1v) is 6.53. The second kappa shape index (κ2) is 5.36. The summed E-state index contributed by atoms with van der Waals surface area (Å²) in [5.74, 6) is 0.232. The molecule has 0 aliphatic carbocycles. The van der Waals surface area contributed by atoms with Crippen LogP contribution in [-0.2, 0) is 4.79 Å². The van der Waals surface area contributed by atoms with Crippen molar-refractivity contribution in [2.45, 2.75) is 51.7 Å². The number of nitrogens with one attached hydrogen (secondary N) is 1. The lowest BCUT2D eigenvalue weighted by Gasteiger charge is -2.51. The summed E-state index contributed by atoms with van der Waals surface area (Å²) in [6.45, 7) is 10.3. The maximum atomic E-state index is 12.4. The molecule has 0 spiro atoms. The molecule has 1 fully saturated rings. The molecule has 1 amide bonds. The number of hydrogen-bond donors (Lipinski definition) is 1. The van der Waals surface area contributed by atoms with Crippen LogP contribution in [0.1, 0.15) is 34.1 Å². The Hall–Kier alpha value is -0.610. The van der Waals surface area contributed by atoms with E-state index in [1.54, 1.807) is 0 Å². The molecule has 0 aromatic heterocycles. The molecule has 2 atom stereocenters. The smallest absolute Gasteiger partial charge is 0.241 e. The van der Waals surface area contributed by atoms with Gasteiger partial charge in [0.15, 0.2) is 0 Å². The van der Waals surface area contributed by atoms with E-state index in [1.807, 2.05) is 19.0 Å². The van der Waals surface area contributed by atoms with Gasteiger partial charge in [-0.25, -0.2) is 0 Å². The number of likely N-dealkylation sites (N-methyl/N-ethyl adjacent to an activating group) is 2. The average Bonchev–Trinajstić information content (AvgIpc) is 2.29. The summed E-state index contributed by atoms with van der Waals surface area (Å²) in [6, 6.07) is 0.429. The van der Waals surface area contributed by atoms with Gasteiger partial charge in [-0.1, -0.05) is 6.92 Å². The predicted octanol–water partition coefficient (Wildman–Crippen LogP) is 0.926. The van der Waals surface area contributed by atoms with E-state index in [9.17, 15) is 4.79 Å². The summed E-state index contributed by atoms with van der Waals surface area (Å²) >= 11 is 0. The second-order valence-electron chi connectivity index (χ2n) is 5.71.